The molecule has 0 aliphatic carbocycles. The van der Waals surface area contributed by atoms with Crippen molar-refractivity contribution < 1.29 is 26.3 Å². The molecule has 1 heterocycles. The van der Waals surface area contributed by atoms with Gasteiger partial charge in [-0.15, -0.1) is 12.1 Å². The molecule has 3 aromatic rings. The van der Waals surface area contributed by atoms with Gasteiger partial charge in [0.1, 0.15) is 0 Å². The Morgan fingerprint density at radius 1 is 0.944 bits per heavy atom. The smallest absolute Gasteiger partial charge is 0.485 e. The maximum absolute atomic E-state index is 9.87. The molecule has 0 aliphatic rings. The molecular formula is C15H12FeO2. The Morgan fingerprint density at radius 2 is 1.56 bits per heavy atom. The van der Waals surface area contributed by atoms with Crippen LogP contribution in [0.15, 0.2) is 71.3 Å². The predicted octanol–water partition coefficient (Wildman–Crippen LogP) is 3.88. The fraction of sp³-hybridized carbons (Fsp3) is 0. The Labute approximate surface area is 116 Å². The van der Waals surface area contributed by atoms with Gasteiger partial charge < -0.3 is 9.21 Å². The Morgan fingerprint density at radius 3 is 2.00 bits per heavy atom. The quantitative estimate of drug-likeness (QED) is 0.405. The van der Waals surface area contributed by atoms with Crippen LogP contribution in [-0.4, -0.2) is 6.29 Å². The maximum atomic E-state index is 9.87. The molecule has 3 heteroatoms. The zero-order valence-electron chi connectivity index (χ0n) is 9.60. The van der Waals surface area contributed by atoms with Crippen molar-refractivity contribution in [2.24, 2.45) is 0 Å². The first-order chi connectivity index (χ1) is 8.40. The summed E-state index contributed by atoms with van der Waals surface area (Å²) < 4.78 is 5.18. The Balaban J connectivity index is 0.000000181. The van der Waals surface area contributed by atoms with Crippen molar-refractivity contribution in [3.63, 3.8) is 0 Å². The van der Waals surface area contributed by atoms with Gasteiger partial charge in [0, 0.05) is 0 Å². The van der Waals surface area contributed by atoms with Crippen molar-refractivity contribution in [2.45, 2.75) is 0 Å². The zero-order chi connectivity index (χ0) is 11.9. The molecule has 0 saturated carbocycles. The summed E-state index contributed by atoms with van der Waals surface area (Å²) in [4.78, 5) is 9.87. The molecule has 0 fully saturated rings. The molecule has 18 heavy (non-hydrogen) atoms. The minimum atomic E-state index is 0. The second-order valence-corrected chi connectivity index (χ2v) is 3.49. The van der Waals surface area contributed by atoms with Crippen molar-refractivity contribution in [3.8, 4) is 11.3 Å². The van der Waals surface area contributed by atoms with E-state index in [-0.39, 0.29) is 17.1 Å². The number of carbonyl (C=O) groups is 1. The molecule has 0 aliphatic heterocycles. The van der Waals surface area contributed by atoms with Crippen LogP contribution >= 0.6 is 0 Å². The standard InChI is InChI=1S/C9H7O.C6H5O.Fe/c1-2-5-8(4-1)9-6-3-7-10-9;7-5-6-3-1-2-4-6;/h1-7H;1-5H;/q2*-1;+2. The van der Waals surface area contributed by atoms with Crippen molar-refractivity contribution >= 4 is 6.29 Å². The van der Waals surface area contributed by atoms with E-state index in [0.29, 0.717) is 0 Å². The van der Waals surface area contributed by atoms with Crippen molar-refractivity contribution in [3.05, 3.63) is 72.5 Å². The summed E-state index contributed by atoms with van der Waals surface area (Å²) in [5.74, 6) is 0.935. The van der Waals surface area contributed by atoms with Gasteiger partial charge in [-0.2, -0.15) is 24.3 Å². The van der Waals surface area contributed by atoms with Crippen LogP contribution in [0.2, 0.25) is 0 Å². The second-order valence-electron chi connectivity index (χ2n) is 3.49. The molecule has 0 atom stereocenters. The Bertz CT molecular complexity index is 487. The first-order valence-electron chi connectivity index (χ1n) is 5.32. The van der Waals surface area contributed by atoms with Crippen LogP contribution in [0.4, 0.5) is 0 Å². The van der Waals surface area contributed by atoms with Gasteiger partial charge in [-0.25, -0.2) is 12.1 Å². The number of hydrogen-bond donors (Lipinski definition) is 0. The molecule has 0 N–H and O–H groups in total. The van der Waals surface area contributed by atoms with E-state index in [2.05, 4.69) is 0 Å². The number of aldehydes is 1. The van der Waals surface area contributed by atoms with E-state index in [1.54, 1.807) is 18.4 Å². The molecule has 92 valence electrons. The summed E-state index contributed by atoms with van der Waals surface area (Å²) in [5.41, 5.74) is 1.89. The average Bonchev–Trinajstić information content (AvgIpc) is 3.12. The Kier molecular flexibility index (Phi) is 5.92. The minimum absolute atomic E-state index is 0. The van der Waals surface area contributed by atoms with Crippen LogP contribution in [-0.2, 0) is 17.1 Å². The van der Waals surface area contributed by atoms with Gasteiger partial charge in [0.2, 0.25) is 0 Å². The number of hydrogen-bond acceptors (Lipinski definition) is 2. The minimum Gasteiger partial charge on any atom is -0.485 e. The van der Waals surface area contributed by atoms with Gasteiger partial charge in [0.25, 0.3) is 0 Å². The topological polar surface area (TPSA) is 30.2 Å². The van der Waals surface area contributed by atoms with E-state index in [0.717, 1.165) is 23.2 Å². The van der Waals surface area contributed by atoms with Crippen molar-refractivity contribution in [1.29, 1.82) is 0 Å². The number of rotatable bonds is 2. The summed E-state index contributed by atoms with van der Waals surface area (Å²) in [7, 11) is 0. The van der Waals surface area contributed by atoms with Gasteiger partial charge in [-0.05, 0) is 0 Å². The predicted molar refractivity (Wildman–Crippen MR) is 67.2 cm³/mol. The van der Waals surface area contributed by atoms with Crippen LogP contribution in [0.3, 0.4) is 0 Å². The Hall–Kier alpha value is -1.83. The van der Waals surface area contributed by atoms with Crippen LogP contribution in [0.1, 0.15) is 10.4 Å². The van der Waals surface area contributed by atoms with Gasteiger partial charge >= 0.3 is 17.1 Å². The third kappa shape index (κ3) is 3.88. The largest absolute Gasteiger partial charge is 2.00 e. The summed E-state index contributed by atoms with van der Waals surface area (Å²) in [6, 6.07) is 19.1. The van der Waals surface area contributed by atoms with Gasteiger partial charge in [-0.1, -0.05) is 23.3 Å². The van der Waals surface area contributed by atoms with E-state index >= 15 is 0 Å². The normalized spacial score (nSPS) is 8.89. The fourth-order valence-electron chi connectivity index (χ4n) is 1.45. The molecule has 0 bridgehead atoms. The monoisotopic (exact) mass is 280 g/mol. The number of furan rings is 1. The van der Waals surface area contributed by atoms with Crippen LogP contribution < -0.4 is 0 Å². The summed E-state index contributed by atoms with van der Waals surface area (Å²) in [5, 5.41) is 0. The molecule has 1 aromatic heterocycles. The fourth-order valence-corrected chi connectivity index (χ4v) is 1.45. The van der Waals surface area contributed by atoms with E-state index in [4.69, 9.17) is 4.42 Å². The van der Waals surface area contributed by atoms with Crippen LogP contribution in [0.5, 0.6) is 0 Å². The molecular weight excluding hydrogens is 268 g/mol. The molecule has 2 aromatic carbocycles. The molecule has 0 spiro atoms. The van der Waals surface area contributed by atoms with Gasteiger partial charge in [-0.3, -0.25) is 0 Å². The first-order valence-corrected chi connectivity index (χ1v) is 5.32. The number of carbonyl (C=O) groups excluding carboxylic acids is 1. The van der Waals surface area contributed by atoms with Crippen LogP contribution in [0.25, 0.3) is 11.3 Å². The van der Waals surface area contributed by atoms with Gasteiger partial charge in [0.05, 0.1) is 18.3 Å². The SMILES string of the molecule is O=C[c-]1cccc1.[Fe+2].c1coc(-[c-]2cccc2)c1. The molecule has 0 amide bonds. The molecule has 2 nitrogen and oxygen atoms in total. The molecule has 0 radical (unpaired) electrons. The summed E-state index contributed by atoms with van der Waals surface area (Å²) in [6.07, 6.45) is 2.52. The van der Waals surface area contributed by atoms with Gasteiger partial charge in [0.15, 0.2) is 0 Å². The van der Waals surface area contributed by atoms with E-state index in [1.165, 1.54) is 0 Å². The third-order valence-corrected chi connectivity index (χ3v) is 2.29. The third-order valence-electron chi connectivity index (χ3n) is 2.29. The van der Waals surface area contributed by atoms with Crippen LogP contribution in [0, 0.1) is 0 Å². The molecule has 0 saturated heterocycles. The zero-order valence-corrected chi connectivity index (χ0v) is 10.7. The van der Waals surface area contributed by atoms with E-state index in [9.17, 15) is 4.79 Å². The molecule has 0 unspecified atom stereocenters. The average molecular weight is 280 g/mol. The summed E-state index contributed by atoms with van der Waals surface area (Å²) in [6.45, 7) is 0. The summed E-state index contributed by atoms with van der Waals surface area (Å²) >= 11 is 0. The van der Waals surface area contributed by atoms with E-state index < -0.39 is 0 Å². The second kappa shape index (κ2) is 7.49. The van der Waals surface area contributed by atoms with Crippen molar-refractivity contribution in [2.75, 3.05) is 0 Å². The first kappa shape index (κ1) is 14.2. The van der Waals surface area contributed by atoms with E-state index in [1.807, 2.05) is 48.5 Å². The van der Waals surface area contributed by atoms with Crippen molar-refractivity contribution in [1.82, 2.24) is 0 Å². The molecule has 3 rings (SSSR count). The maximum Gasteiger partial charge on any atom is 2.00 e.